The Bertz CT molecular complexity index is 480. The molecule has 0 amide bonds. The second-order valence-electron chi connectivity index (χ2n) is 5.47. The predicted molar refractivity (Wildman–Crippen MR) is 91.2 cm³/mol. The van der Waals surface area contributed by atoms with Gasteiger partial charge in [0.2, 0.25) is 0 Å². The van der Waals surface area contributed by atoms with Crippen LogP contribution in [0.1, 0.15) is 55.4 Å². The molecule has 2 heterocycles. The highest BCUT2D eigenvalue weighted by atomic mass is 32.2. The second-order valence-corrected chi connectivity index (χ2v) is 7.66. The first-order valence-electron chi connectivity index (χ1n) is 7.23. The van der Waals surface area contributed by atoms with E-state index < -0.39 is 0 Å². The van der Waals surface area contributed by atoms with Gasteiger partial charge < -0.3 is 0 Å². The van der Waals surface area contributed by atoms with Gasteiger partial charge in [-0.15, -0.1) is 23.1 Å². The normalized spacial score (nSPS) is 20.6. The molecule has 0 nitrogen and oxygen atoms in total. The number of rotatable bonds is 3. The molecule has 0 saturated carbocycles. The maximum atomic E-state index is 4.01. The monoisotopic (exact) mass is 292 g/mol. The first-order chi connectivity index (χ1) is 9.15. The third-order valence-electron chi connectivity index (χ3n) is 3.88. The second kappa shape index (κ2) is 6.81. The molecule has 0 aromatic carbocycles. The lowest BCUT2D eigenvalue weighted by Crippen LogP contribution is -2.03. The van der Waals surface area contributed by atoms with Crippen LogP contribution in [0.2, 0.25) is 0 Å². The molecule has 1 atom stereocenters. The summed E-state index contributed by atoms with van der Waals surface area (Å²) in [6.45, 7) is 10.8. The average molecular weight is 293 g/mol. The van der Waals surface area contributed by atoms with E-state index in [9.17, 15) is 0 Å². The van der Waals surface area contributed by atoms with Crippen molar-refractivity contribution in [2.45, 2.75) is 51.3 Å². The van der Waals surface area contributed by atoms with Gasteiger partial charge in [-0.3, -0.25) is 0 Å². The van der Waals surface area contributed by atoms with E-state index in [0.717, 1.165) is 12.3 Å². The van der Waals surface area contributed by atoms with Crippen molar-refractivity contribution in [3.8, 4) is 0 Å². The zero-order valence-corrected chi connectivity index (χ0v) is 13.9. The third kappa shape index (κ3) is 3.55. The summed E-state index contributed by atoms with van der Waals surface area (Å²) in [6, 6.07) is 0. The van der Waals surface area contributed by atoms with E-state index in [1.807, 2.05) is 11.3 Å². The lowest BCUT2D eigenvalue weighted by molar-refractivity contribution is 0.516. The molecule has 0 spiro atoms. The lowest BCUT2D eigenvalue weighted by atomic mass is 9.98. The van der Waals surface area contributed by atoms with Gasteiger partial charge in [0.1, 0.15) is 0 Å². The van der Waals surface area contributed by atoms with E-state index >= 15 is 0 Å². The molecule has 1 aliphatic rings. The summed E-state index contributed by atoms with van der Waals surface area (Å²) < 4.78 is 0. The fourth-order valence-corrected chi connectivity index (χ4v) is 5.17. The van der Waals surface area contributed by atoms with Crippen LogP contribution >= 0.6 is 23.1 Å². The summed E-state index contributed by atoms with van der Waals surface area (Å²) in [7, 11) is 0. The minimum absolute atomic E-state index is 0.856. The smallest absolute Gasteiger partial charge is 0.0415 e. The molecule has 1 aromatic rings. The molecule has 2 rings (SSSR count). The van der Waals surface area contributed by atoms with Crippen LogP contribution in [-0.2, 0) is 6.42 Å². The van der Waals surface area contributed by atoms with Gasteiger partial charge in [0, 0.05) is 14.6 Å². The molecular formula is C17H24S2. The van der Waals surface area contributed by atoms with Crippen LogP contribution in [0.3, 0.4) is 0 Å². The van der Waals surface area contributed by atoms with Crippen LogP contribution < -0.4 is 0 Å². The van der Waals surface area contributed by atoms with Crippen LogP contribution in [0.15, 0.2) is 17.0 Å². The third-order valence-corrected chi connectivity index (χ3v) is 6.38. The van der Waals surface area contributed by atoms with E-state index in [-0.39, 0.29) is 0 Å². The van der Waals surface area contributed by atoms with E-state index in [4.69, 9.17) is 0 Å². The van der Waals surface area contributed by atoms with Crippen LogP contribution in [0.25, 0.3) is 12.2 Å². The van der Waals surface area contributed by atoms with Gasteiger partial charge in [-0.05, 0) is 55.9 Å². The summed E-state index contributed by atoms with van der Waals surface area (Å²) >= 11 is 3.98. The maximum absolute atomic E-state index is 4.01. The van der Waals surface area contributed by atoms with Gasteiger partial charge in [0.05, 0.1) is 0 Å². The standard InChI is InChI=1S/C17H24S2/c1-5-12(3)11-16-17-14(15(6-2)19-16)8-7-13(4)9-10-18-17/h6,11,13H,2,5,7-10H2,1,3-4H3. The molecular weight excluding hydrogens is 268 g/mol. The number of allylic oxidation sites excluding steroid dienone is 1. The quantitative estimate of drug-likeness (QED) is 0.632. The predicted octanol–water partition coefficient (Wildman–Crippen LogP) is 6.27. The molecule has 104 valence electrons. The Labute approximate surface area is 126 Å². The topological polar surface area (TPSA) is 0 Å². The molecule has 0 fully saturated rings. The van der Waals surface area contributed by atoms with E-state index in [0.29, 0.717) is 0 Å². The van der Waals surface area contributed by atoms with Crippen LogP contribution in [-0.4, -0.2) is 5.75 Å². The van der Waals surface area contributed by atoms with Crippen molar-refractivity contribution in [2.24, 2.45) is 5.92 Å². The molecule has 0 bridgehead atoms. The number of thioether (sulfide) groups is 1. The minimum Gasteiger partial charge on any atom is -0.135 e. The molecule has 1 aliphatic heterocycles. The summed E-state index contributed by atoms with van der Waals surface area (Å²) in [6.07, 6.45) is 9.46. The number of hydrogen-bond donors (Lipinski definition) is 0. The van der Waals surface area contributed by atoms with Crippen molar-refractivity contribution in [3.63, 3.8) is 0 Å². The number of hydrogen-bond acceptors (Lipinski definition) is 2. The van der Waals surface area contributed by atoms with Crippen LogP contribution in [0, 0.1) is 5.92 Å². The van der Waals surface area contributed by atoms with Gasteiger partial charge in [-0.2, -0.15) is 0 Å². The van der Waals surface area contributed by atoms with E-state index in [1.54, 1.807) is 10.5 Å². The van der Waals surface area contributed by atoms with Gasteiger partial charge >= 0.3 is 0 Å². The van der Waals surface area contributed by atoms with Gasteiger partial charge in [-0.25, -0.2) is 0 Å². The summed E-state index contributed by atoms with van der Waals surface area (Å²) in [5.41, 5.74) is 3.03. The number of thiophene rings is 1. The molecule has 0 saturated heterocycles. The fraction of sp³-hybridized carbons (Fsp3) is 0.529. The lowest BCUT2D eigenvalue weighted by Gasteiger charge is -2.16. The zero-order chi connectivity index (χ0) is 13.8. The van der Waals surface area contributed by atoms with Gasteiger partial charge in [-0.1, -0.05) is 32.1 Å². The Morgan fingerprint density at radius 1 is 1.37 bits per heavy atom. The summed E-state index contributed by atoms with van der Waals surface area (Å²) in [5.74, 6) is 2.11. The molecule has 2 heteroatoms. The molecule has 1 unspecified atom stereocenters. The highest BCUT2D eigenvalue weighted by Crippen LogP contribution is 2.41. The highest BCUT2D eigenvalue weighted by Gasteiger charge is 2.19. The average Bonchev–Trinajstić information content (AvgIpc) is 2.70. The number of fused-ring (bicyclic) bond motifs is 1. The summed E-state index contributed by atoms with van der Waals surface area (Å²) in [4.78, 5) is 4.40. The van der Waals surface area contributed by atoms with Crippen molar-refractivity contribution in [1.29, 1.82) is 0 Å². The first kappa shape index (κ1) is 14.9. The molecule has 0 N–H and O–H groups in total. The van der Waals surface area contributed by atoms with Crippen molar-refractivity contribution in [2.75, 3.05) is 5.75 Å². The Balaban J connectivity index is 2.41. The van der Waals surface area contributed by atoms with E-state index in [2.05, 4.69) is 51.3 Å². The fourth-order valence-electron chi connectivity index (χ4n) is 2.36. The Hall–Kier alpha value is -0.470. The van der Waals surface area contributed by atoms with Crippen LogP contribution in [0.4, 0.5) is 0 Å². The van der Waals surface area contributed by atoms with Gasteiger partial charge in [0.15, 0.2) is 0 Å². The maximum Gasteiger partial charge on any atom is 0.0415 e. The van der Waals surface area contributed by atoms with E-state index in [1.165, 1.54) is 40.3 Å². The highest BCUT2D eigenvalue weighted by molar-refractivity contribution is 7.99. The zero-order valence-electron chi connectivity index (χ0n) is 12.3. The Kier molecular flexibility index (Phi) is 5.35. The summed E-state index contributed by atoms with van der Waals surface area (Å²) in [5, 5.41) is 0. The molecule has 1 aromatic heterocycles. The Morgan fingerprint density at radius 3 is 2.84 bits per heavy atom. The Morgan fingerprint density at radius 2 is 2.16 bits per heavy atom. The van der Waals surface area contributed by atoms with Crippen LogP contribution in [0.5, 0.6) is 0 Å². The first-order valence-corrected chi connectivity index (χ1v) is 9.04. The molecule has 0 radical (unpaired) electrons. The SMILES string of the molecule is C=Cc1sc(C=C(C)CC)c2c1CCC(C)CCS2. The molecule has 0 aliphatic carbocycles. The van der Waals surface area contributed by atoms with Crippen molar-refractivity contribution >= 4 is 35.3 Å². The minimum atomic E-state index is 0.856. The van der Waals surface area contributed by atoms with Crippen molar-refractivity contribution < 1.29 is 0 Å². The van der Waals surface area contributed by atoms with Crippen molar-refractivity contribution in [3.05, 3.63) is 27.5 Å². The largest absolute Gasteiger partial charge is 0.135 e. The van der Waals surface area contributed by atoms with Gasteiger partial charge in [0.25, 0.3) is 0 Å². The molecule has 19 heavy (non-hydrogen) atoms. The van der Waals surface area contributed by atoms with Crippen molar-refractivity contribution in [1.82, 2.24) is 0 Å².